The third-order valence-corrected chi connectivity index (χ3v) is 3.84. The highest BCUT2D eigenvalue weighted by Crippen LogP contribution is 2.31. The number of rotatable bonds is 1. The van der Waals surface area contributed by atoms with E-state index in [1.165, 1.54) is 12.1 Å². The lowest BCUT2D eigenvalue weighted by Gasteiger charge is -2.05. The van der Waals surface area contributed by atoms with Crippen LogP contribution in [0.5, 0.6) is 0 Å². The molecule has 0 spiro atoms. The molecule has 0 radical (unpaired) electrons. The smallest absolute Gasteiger partial charge is 0.416 e. The second-order valence-corrected chi connectivity index (χ2v) is 5.34. The summed E-state index contributed by atoms with van der Waals surface area (Å²) in [7, 11) is 0. The zero-order valence-corrected chi connectivity index (χ0v) is 11.7. The van der Waals surface area contributed by atoms with E-state index in [1.807, 2.05) is 0 Å². The molecule has 3 aromatic rings. The second kappa shape index (κ2) is 4.68. The lowest BCUT2D eigenvalue weighted by molar-refractivity contribution is -0.137. The standard InChI is InChI=1S/C15H10F3N3O2/c16-15(17,18)9-5-3-8(4-6-9)12-20-11-13(23-12)19-10-2-1-7-21(10)14(11)22/h3-6H,1-2,7H2. The summed E-state index contributed by atoms with van der Waals surface area (Å²) in [4.78, 5) is 20.7. The number of benzene rings is 1. The van der Waals surface area contributed by atoms with Gasteiger partial charge in [0.2, 0.25) is 5.89 Å². The van der Waals surface area contributed by atoms with E-state index in [-0.39, 0.29) is 22.7 Å². The maximum atomic E-state index is 12.6. The fourth-order valence-electron chi connectivity index (χ4n) is 2.69. The van der Waals surface area contributed by atoms with Crippen molar-refractivity contribution >= 4 is 11.2 Å². The molecule has 0 bridgehead atoms. The van der Waals surface area contributed by atoms with Gasteiger partial charge in [0.05, 0.1) is 5.56 Å². The van der Waals surface area contributed by atoms with Crippen LogP contribution in [0.25, 0.3) is 22.7 Å². The molecule has 0 saturated carbocycles. The quantitative estimate of drug-likeness (QED) is 0.691. The van der Waals surface area contributed by atoms with Gasteiger partial charge in [-0.2, -0.15) is 18.2 Å². The van der Waals surface area contributed by atoms with Crippen LogP contribution in [0.3, 0.4) is 0 Å². The van der Waals surface area contributed by atoms with Gasteiger partial charge in [-0.25, -0.2) is 4.98 Å². The van der Waals surface area contributed by atoms with Gasteiger partial charge in [0.25, 0.3) is 11.3 Å². The van der Waals surface area contributed by atoms with Crippen LogP contribution in [-0.4, -0.2) is 14.5 Å². The predicted molar refractivity (Wildman–Crippen MR) is 74.8 cm³/mol. The summed E-state index contributed by atoms with van der Waals surface area (Å²) in [5.74, 6) is 0.736. The van der Waals surface area contributed by atoms with E-state index in [4.69, 9.17) is 4.42 Å². The van der Waals surface area contributed by atoms with Crippen molar-refractivity contribution in [2.24, 2.45) is 0 Å². The lowest BCUT2D eigenvalue weighted by atomic mass is 10.1. The van der Waals surface area contributed by atoms with E-state index >= 15 is 0 Å². The molecule has 1 aliphatic heterocycles. The van der Waals surface area contributed by atoms with Gasteiger partial charge in [-0.3, -0.25) is 9.36 Å². The Morgan fingerprint density at radius 3 is 2.57 bits per heavy atom. The van der Waals surface area contributed by atoms with Gasteiger partial charge in [-0.05, 0) is 30.7 Å². The molecule has 0 fully saturated rings. The summed E-state index contributed by atoms with van der Waals surface area (Å²) in [6, 6.07) is 4.42. The van der Waals surface area contributed by atoms with Crippen molar-refractivity contribution in [2.45, 2.75) is 25.6 Å². The van der Waals surface area contributed by atoms with Crippen LogP contribution in [0.4, 0.5) is 13.2 Å². The average molecular weight is 321 g/mol. The Bertz CT molecular complexity index is 955. The predicted octanol–water partition coefficient (Wildman–Crippen LogP) is 3.02. The van der Waals surface area contributed by atoms with Crippen molar-refractivity contribution in [1.82, 2.24) is 14.5 Å². The number of nitrogens with zero attached hydrogens (tertiary/aromatic N) is 3. The van der Waals surface area contributed by atoms with Crippen LogP contribution in [0.2, 0.25) is 0 Å². The Kier molecular flexibility index (Phi) is 2.84. The average Bonchev–Trinajstić information content (AvgIpc) is 3.13. The maximum Gasteiger partial charge on any atom is 0.416 e. The zero-order chi connectivity index (χ0) is 16.2. The number of aryl methyl sites for hydroxylation is 1. The molecular formula is C15H10F3N3O2. The molecule has 2 aromatic heterocycles. The summed E-state index contributed by atoms with van der Waals surface area (Å²) in [6.07, 6.45) is -2.86. The van der Waals surface area contributed by atoms with Gasteiger partial charge < -0.3 is 4.42 Å². The summed E-state index contributed by atoms with van der Waals surface area (Å²) in [5.41, 5.74) is -0.442. The first-order valence-corrected chi connectivity index (χ1v) is 7.01. The van der Waals surface area contributed by atoms with Crippen molar-refractivity contribution in [3.8, 4) is 11.5 Å². The van der Waals surface area contributed by atoms with Crippen molar-refractivity contribution in [1.29, 1.82) is 0 Å². The normalized spacial score (nSPS) is 14.4. The Labute approximate surface area is 127 Å². The molecule has 0 saturated heterocycles. The van der Waals surface area contributed by atoms with Crippen LogP contribution in [-0.2, 0) is 19.1 Å². The molecule has 5 nitrogen and oxygen atoms in total. The molecule has 1 aromatic carbocycles. The van der Waals surface area contributed by atoms with Crippen molar-refractivity contribution in [3.63, 3.8) is 0 Å². The first kappa shape index (κ1) is 14.0. The largest absolute Gasteiger partial charge is 0.417 e. The molecule has 1 aliphatic rings. The van der Waals surface area contributed by atoms with Crippen LogP contribution < -0.4 is 5.56 Å². The molecule has 0 aliphatic carbocycles. The number of aromatic nitrogens is 3. The molecule has 118 valence electrons. The van der Waals surface area contributed by atoms with Gasteiger partial charge in [0, 0.05) is 18.5 Å². The molecule has 23 heavy (non-hydrogen) atoms. The van der Waals surface area contributed by atoms with Crippen LogP contribution >= 0.6 is 0 Å². The van der Waals surface area contributed by atoms with Crippen molar-refractivity contribution in [2.75, 3.05) is 0 Å². The van der Waals surface area contributed by atoms with E-state index < -0.39 is 11.7 Å². The Morgan fingerprint density at radius 1 is 1.13 bits per heavy atom. The molecule has 0 unspecified atom stereocenters. The Balaban J connectivity index is 1.81. The molecular weight excluding hydrogens is 311 g/mol. The van der Waals surface area contributed by atoms with Crippen molar-refractivity contribution in [3.05, 3.63) is 46.0 Å². The fraction of sp³-hybridized carbons (Fsp3) is 0.267. The zero-order valence-electron chi connectivity index (χ0n) is 11.7. The van der Waals surface area contributed by atoms with Gasteiger partial charge in [0.1, 0.15) is 5.82 Å². The van der Waals surface area contributed by atoms with Crippen LogP contribution in [0.15, 0.2) is 33.5 Å². The van der Waals surface area contributed by atoms with Gasteiger partial charge >= 0.3 is 6.18 Å². The monoisotopic (exact) mass is 321 g/mol. The van der Waals surface area contributed by atoms with Gasteiger partial charge in [-0.15, -0.1) is 0 Å². The third-order valence-electron chi connectivity index (χ3n) is 3.84. The minimum atomic E-state index is -4.40. The molecule has 3 heterocycles. The van der Waals surface area contributed by atoms with Gasteiger partial charge in [-0.1, -0.05) is 0 Å². The highest BCUT2D eigenvalue weighted by molar-refractivity contribution is 5.71. The van der Waals surface area contributed by atoms with Crippen LogP contribution in [0, 0.1) is 0 Å². The van der Waals surface area contributed by atoms with Crippen molar-refractivity contribution < 1.29 is 17.6 Å². The summed E-state index contributed by atoms with van der Waals surface area (Å²) in [6.45, 7) is 0.597. The highest BCUT2D eigenvalue weighted by Gasteiger charge is 2.30. The van der Waals surface area contributed by atoms with E-state index in [0.29, 0.717) is 24.4 Å². The molecule has 0 atom stereocenters. The lowest BCUT2D eigenvalue weighted by Crippen LogP contribution is -2.20. The Morgan fingerprint density at radius 2 is 1.87 bits per heavy atom. The van der Waals surface area contributed by atoms with Gasteiger partial charge in [0.15, 0.2) is 5.52 Å². The number of halogens is 3. The fourth-order valence-corrected chi connectivity index (χ4v) is 2.69. The van der Waals surface area contributed by atoms with E-state index in [9.17, 15) is 18.0 Å². The number of alkyl halides is 3. The number of hydrogen-bond acceptors (Lipinski definition) is 4. The van der Waals surface area contributed by atoms with E-state index in [1.54, 1.807) is 4.57 Å². The summed E-state index contributed by atoms with van der Waals surface area (Å²) >= 11 is 0. The SMILES string of the molecule is O=c1c2nc(-c3ccc(C(F)(F)F)cc3)oc2nc2n1CCC2. The Hall–Kier alpha value is -2.64. The van der Waals surface area contributed by atoms with Crippen LogP contribution in [0.1, 0.15) is 17.8 Å². The second-order valence-electron chi connectivity index (χ2n) is 5.34. The third kappa shape index (κ3) is 2.21. The highest BCUT2D eigenvalue weighted by atomic mass is 19.4. The maximum absolute atomic E-state index is 12.6. The minimum absolute atomic E-state index is 0.0857. The minimum Gasteiger partial charge on any atom is -0.417 e. The molecule has 8 heteroatoms. The molecule has 4 rings (SSSR count). The first-order valence-electron chi connectivity index (χ1n) is 7.01. The first-order chi connectivity index (χ1) is 10.9. The van der Waals surface area contributed by atoms with E-state index in [2.05, 4.69) is 9.97 Å². The molecule has 0 amide bonds. The summed E-state index contributed by atoms with van der Waals surface area (Å²) in [5, 5.41) is 0. The topological polar surface area (TPSA) is 60.9 Å². The van der Waals surface area contributed by atoms with E-state index in [0.717, 1.165) is 18.6 Å². The number of hydrogen-bond donors (Lipinski definition) is 0. The number of fused-ring (bicyclic) bond motifs is 2. The molecule has 0 N–H and O–H groups in total. The number of oxazole rings is 1. The summed E-state index contributed by atoms with van der Waals surface area (Å²) < 4.78 is 44.8.